The summed E-state index contributed by atoms with van der Waals surface area (Å²) in [5.41, 5.74) is 1.82. The Labute approximate surface area is 138 Å². The third-order valence-electron chi connectivity index (χ3n) is 4.79. The largest absolute Gasteiger partial charge is 0.312 e. The lowest BCUT2D eigenvalue weighted by Gasteiger charge is -2.19. The van der Waals surface area contributed by atoms with Crippen LogP contribution in [-0.2, 0) is 21.2 Å². The van der Waals surface area contributed by atoms with E-state index in [1.165, 1.54) is 0 Å². The van der Waals surface area contributed by atoms with Gasteiger partial charge in [-0.15, -0.1) is 0 Å². The van der Waals surface area contributed by atoms with Crippen LogP contribution >= 0.6 is 0 Å². The number of sulfonamides is 1. The fourth-order valence-corrected chi connectivity index (χ4v) is 4.22. The number of nitrogens with zero attached hydrogens (tertiary/aromatic N) is 1. The summed E-state index contributed by atoms with van der Waals surface area (Å²) in [7, 11) is -3.52. The summed E-state index contributed by atoms with van der Waals surface area (Å²) in [5, 5.41) is 0. The van der Waals surface area contributed by atoms with Crippen LogP contribution in [0.4, 0.5) is 5.69 Å². The lowest BCUT2D eigenvalue weighted by atomic mass is 10.1. The van der Waals surface area contributed by atoms with Gasteiger partial charge in [0.2, 0.25) is 15.9 Å². The fraction of sp³-hybridized carbons (Fsp3) is 0.588. The molecule has 1 amide bonds. The van der Waals surface area contributed by atoms with Crippen LogP contribution in [0, 0.1) is 11.8 Å². The van der Waals surface area contributed by atoms with Crippen LogP contribution in [0.15, 0.2) is 23.1 Å². The second-order valence-corrected chi connectivity index (χ2v) is 8.67. The van der Waals surface area contributed by atoms with Crippen molar-refractivity contribution < 1.29 is 13.2 Å². The highest BCUT2D eigenvalue weighted by Gasteiger charge is 2.36. The molecule has 126 valence electrons. The average molecular weight is 336 g/mol. The van der Waals surface area contributed by atoms with Crippen molar-refractivity contribution in [1.82, 2.24) is 4.72 Å². The zero-order valence-corrected chi connectivity index (χ0v) is 14.7. The zero-order chi connectivity index (χ0) is 16.8. The van der Waals surface area contributed by atoms with E-state index in [2.05, 4.69) is 4.72 Å². The van der Waals surface area contributed by atoms with Gasteiger partial charge >= 0.3 is 0 Å². The number of carbonyl (C=O) groups excluding carboxylic acids is 1. The van der Waals surface area contributed by atoms with Crippen molar-refractivity contribution in [1.29, 1.82) is 0 Å². The van der Waals surface area contributed by atoms with Gasteiger partial charge in [-0.2, -0.15) is 0 Å². The summed E-state index contributed by atoms with van der Waals surface area (Å²) in [6.07, 6.45) is 2.68. The van der Waals surface area contributed by atoms with Gasteiger partial charge in [-0.05, 0) is 55.9 Å². The van der Waals surface area contributed by atoms with Crippen molar-refractivity contribution in [3.63, 3.8) is 0 Å². The number of rotatable bonds is 5. The summed E-state index contributed by atoms with van der Waals surface area (Å²) in [6, 6.07) is 4.97. The molecule has 5 nitrogen and oxygen atoms in total. The smallest absolute Gasteiger partial charge is 0.240 e. The average Bonchev–Trinajstić information content (AvgIpc) is 3.25. The van der Waals surface area contributed by atoms with Gasteiger partial charge in [-0.3, -0.25) is 4.79 Å². The third kappa shape index (κ3) is 3.28. The van der Waals surface area contributed by atoms with Crippen LogP contribution in [0.1, 0.15) is 39.2 Å². The monoisotopic (exact) mass is 336 g/mol. The van der Waals surface area contributed by atoms with E-state index < -0.39 is 10.0 Å². The first-order chi connectivity index (χ1) is 10.8. The van der Waals surface area contributed by atoms with Crippen molar-refractivity contribution in [3.05, 3.63) is 23.8 Å². The molecule has 3 rings (SSSR count). The van der Waals surface area contributed by atoms with E-state index in [-0.39, 0.29) is 28.7 Å². The fourth-order valence-electron chi connectivity index (χ4n) is 2.77. The Morgan fingerprint density at radius 1 is 1.26 bits per heavy atom. The van der Waals surface area contributed by atoms with Gasteiger partial charge in [0.05, 0.1) is 4.90 Å². The molecule has 23 heavy (non-hydrogen) atoms. The van der Waals surface area contributed by atoms with Gasteiger partial charge in [0.15, 0.2) is 0 Å². The maximum atomic E-state index is 12.5. The second kappa shape index (κ2) is 5.91. The number of anilines is 1. The highest BCUT2D eigenvalue weighted by atomic mass is 32.2. The standard InChI is InChI=1S/C17H24N2O3S/c1-11(2)12(3)18-23(21,22)15-6-7-16-14(10-15)8-9-19(16)17(20)13-4-5-13/h6-7,10-13,18H,4-5,8-9H2,1-3H3. The van der Waals surface area contributed by atoms with E-state index >= 15 is 0 Å². The van der Waals surface area contributed by atoms with Gasteiger partial charge in [0, 0.05) is 24.2 Å². The molecule has 2 aliphatic rings. The zero-order valence-electron chi connectivity index (χ0n) is 13.9. The van der Waals surface area contributed by atoms with Crippen molar-refractivity contribution >= 4 is 21.6 Å². The molecule has 1 aliphatic carbocycles. The Hall–Kier alpha value is -1.40. The van der Waals surface area contributed by atoms with E-state index in [4.69, 9.17) is 0 Å². The normalized spacial score (nSPS) is 19.0. The quantitative estimate of drug-likeness (QED) is 0.897. The maximum Gasteiger partial charge on any atom is 0.240 e. The van der Waals surface area contributed by atoms with Crippen LogP contribution in [-0.4, -0.2) is 26.9 Å². The van der Waals surface area contributed by atoms with Crippen LogP contribution < -0.4 is 9.62 Å². The number of fused-ring (bicyclic) bond motifs is 1. The molecule has 1 heterocycles. The molecule has 0 spiro atoms. The first-order valence-corrected chi connectivity index (χ1v) is 9.74. The van der Waals surface area contributed by atoms with Gasteiger partial charge in [0.1, 0.15) is 0 Å². The summed E-state index contributed by atoms with van der Waals surface area (Å²) in [6.45, 7) is 6.49. The maximum absolute atomic E-state index is 12.5. The highest BCUT2D eigenvalue weighted by Crippen LogP contribution is 2.37. The molecular formula is C17H24N2O3S. The van der Waals surface area contributed by atoms with Crippen LogP contribution in [0.3, 0.4) is 0 Å². The number of nitrogens with one attached hydrogen (secondary N) is 1. The van der Waals surface area contributed by atoms with Gasteiger partial charge in [-0.25, -0.2) is 13.1 Å². The Morgan fingerprint density at radius 2 is 1.96 bits per heavy atom. The van der Waals surface area contributed by atoms with E-state index in [1.807, 2.05) is 25.7 Å². The SMILES string of the molecule is CC(C)C(C)NS(=O)(=O)c1ccc2c(c1)CCN2C(=O)C1CC1. The van der Waals surface area contributed by atoms with Crippen molar-refractivity contribution in [2.45, 2.75) is 51.0 Å². The summed E-state index contributed by atoms with van der Waals surface area (Å²) < 4.78 is 27.7. The number of carbonyl (C=O) groups is 1. The topological polar surface area (TPSA) is 66.5 Å². The lowest BCUT2D eigenvalue weighted by molar-refractivity contribution is -0.119. The molecule has 1 N–H and O–H groups in total. The molecule has 1 saturated carbocycles. The lowest BCUT2D eigenvalue weighted by Crippen LogP contribution is -2.36. The minimum absolute atomic E-state index is 0.124. The van der Waals surface area contributed by atoms with Crippen molar-refractivity contribution in [2.24, 2.45) is 11.8 Å². The molecule has 1 unspecified atom stereocenters. The molecule has 1 fully saturated rings. The predicted octanol–water partition coefficient (Wildman–Crippen LogP) is 2.31. The first-order valence-electron chi connectivity index (χ1n) is 8.26. The Bertz CT molecular complexity index is 723. The highest BCUT2D eigenvalue weighted by molar-refractivity contribution is 7.89. The van der Waals surface area contributed by atoms with Crippen molar-refractivity contribution in [3.8, 4) is 0 Å². The molecule has 1 aliphatic heterocycles. The predicted molar refractivity (Wildman–Crippen MR) is 89.8 cm³/mol. The minimum atomic E-state index is -3.52. The van der Waals surface area contributed by atoms with Gasteiger partial charge in [-0.1, -0.05) is 13.8 Å². The molecule has 6 heteroatoms. The summed E-state index contributed by atoms with van der Waals surface area (Å²) in [4.78, 5) is 14.4. The Kier molecular flexibility index (Phi) is 4.23. The van der Waals surface area contributed by atoms with E-state index in [1.54, 1.807) is 18.2 Å². The van der Waals surface area contributed by atoms with Crippen LogP contribution in [0.25, 0.3) is 0 Å². The van der Waals surface area contributed by atoms with E-state index in [0.29, 0.717) is 6.54 Å². The minimum Gasteiger partial charge on any atom is -0.312 e. The molecule has 1 atom stereocenters. The second-order valence-electron chi connectivity index (χ2n) is 6.96. The van der Waals surface area contributed by atoms with Crippen LogP contribution in [0.5, 0.6) is 0 Å². The number of hydrogen-bond donors (Lipinski definition) is 1. The molecular weight excluding hydrogens is 312 g/mol. The molecule has 0 bridgehead atoms. The Morgan fingerprint density at radius 3 is 2.57 bits per heavy atom. The van der Waals surface area contributed by atoms with Crippen LogP contribution in [0.2, 0.25) is 0 Å². The van der Waals surface area contributed by atoms with E-state index in [9.17, 15) is 13.2 Å². The van der Waals surface area contributed by atoms with E-state index in [0.717, 1.165) is 30.5 Å². The summed E-state index contributed by atoms with van der Waals surface area (Å²) >= 11 is 0. The number of hydrogen-bond acceptors (Lipinski definition) is 3. The molecule has 0 saturated heterocycles. The molecule has 0 radical (unpaired) electrons. The summed E-state index contributed by atoms with van der Waals surface area (Å²) in [5.74, 6) is 0.592. The third-order valence-corrected chi connectivity index (χ3v) is 6.35. The van der Waals surface area contributed by atoms with Crippen molar-refractivity contribution in [2.75, 3.05) is 11.4 Å². The first kappa shape index (κ1) is 16.5. The molecule has 0 aromatic heterocycles. The van der Waals surface area contributed by atoms with Gasteiger partial charge < -0.3 is 4.90 Å². The molecule has 1 aromatic carbocycles. The number of amides is 1. The number of benzene rings is 1. The Balaban J connectivity index is 1.83. The van der Waals surface area contributed by atoms with Gasteiger partial charge in [0.25, 0.3) is 0 Å². The molecule has 1 aromatic rings.